The summed E-state index contributed by atoms with van der Waals surface area (Å²) in [6.07, 6.45) is 0. The van der Waals surface area contributed by atoms with E-state index in [1.54, 1.807) is 21.3 Å². The highest BCUT2D eigenvalue weighted by Crippen LogP contribution is 2.27. The van der Waals surface area contributed by atoms with E-state index in [0.717, 1.165) is 23.0 Å². The standard InChI is InChI=1S/C13H21N3O2/c1-14-13(16(2)3)15-9-10-6-7-11(17-4)12(8-10)18-5/h6-8H,9H2,1-5H3,(H,14,15). The second-order valence-corrected chi connectivity index (χ2v) is 3.98. The van der Waals surface area contributed by atoms with Crippen LogP contribution in [0.4, 0.5) is 0 Å². The van der Waals surface area contributed by atoms with Crippen LogP contribution >= 0.6 is 0 Å². The summed E-state index contributed by atoms with van der Waals surface area (Å²) in [6, 6.07) is 5.85. The summed E-state index contributed by atoms with van der Waals surface area (Å²) >= 11 is 0. The van der Waals surface area contributed by atoms with E-state index in [0.29, 0.717) is 6.54 Å². The third kappa shape index (κ3) is 3.55. The Bertz CT molecular complexity index is 417. The number of aliphatic imine (C=N–C) groups is 1. The molecule has 0 saturated heterocycles. The summed E-state index contributed by atoms with van der Waals surface area (Å²) in [4.78, 5) is 6.09. The minimum Gasteiger partial charge on any atom is -0.493 e. The minimum atomic E-state index is 0.686. The van der Waals surface area contributed by atoms with Gasteiger partial charge in [-0.15, -0.1) is 0 Å². The first-order chi connectivity index (χ1) is 8.62. The van der Waals surface area contributed by atoms with Crippen molar-refractivity contribution in [3.8, 4) is 11.5 Å². The first kappa shape index (κ1) is 14.2. The van der Waals surface area contributed by atoms with E-state index >= 15 is 0 Å². The Kier molecular flexibility index (Phi) is 5.30. The lowest BCUT2D eigenvalue weighted by atomic mass is 10.2. The lowest BCUT2D eigenvalue weighted by Gasteiger charge is -2.17. The van der Waals surface area contributed by atoms with Crippen molar-refractivity contribution in [2.45, 2.75) is 6.54 Å². The van der Waals surface area contributed by atoms with Crippen LogP contribution in [0.15, 0.2) is 23.2 Å². The number of benzene rings is 1. The van der Waals surface area contributed by atoms with Crippen LogP contribution in [-0.2, 0) is 6.54 Å². The molecule has 0 aliphatic heterocycles. The highest BCUT2D eigenvalue weighted by Gasteiger charge is 2.05. The normalized spacial score (nSPS) is 11.1. The summed E-state index contributed by atoms with van der Waals surface area (Å²) in [5.74, 6) is 2.31. The van der Waals surface area contributed by atoms with Crippen molar-refractivity contribution >= 4 is 5.96 Å². The molecule has 0 aliphatic rings. The first-order valence-electron chi connectivity index (χ1n) is 5.71. The van der Waals surface area contributed by atoms with E-state index in [1.165, 1.54) is 0 Å². The van der Waals surface area contributed by atoms with Gasteiger partial charge in [-0.25, -0.2) is 0 Å². The molecule has 5 heteroatoms. The molecule has 0 fully saturated rings. The molecule has 1 rings (SSSR count). The molecular weight excluding hydrogens is 230 g/mol. The molecule has 0 amide bonds. The van der Waals surface area contributed by atoms with E-state index in [-0.39, 0.29) is 0 Å². The zero-order valence-electron chi connectivity index (χ0n) is 11.7. The maximum Gasteiger partial charge on any atom is 0.193 e. The fraction of sp³-hybridized carbons (Fsp3) is 0.462. The largest absolute Gasteiger partial charge is 0.493 e. The monoisotopic (exact) mass is 251 g/mol. The van der Waals surface area contributed by atoms with Crippen molar-refractivity contribution < 1.29 is 9.47 Å². The van der Waals surface area contributed by atoms with Crippen LogP contribution in [0.2, 0.25) is 0 Å². The zero-order chi connectivity index (χ0) is 13.5. The number of methoxy groups -OCH3 is 2. The maximum atomic E-state index is 5.26. The second kappa shape index (κ2) is 6.74. The molecular formula is C13H21N3O2. The number of hydrogen-bond donors (Lipinski definition) is 1. The Balaban J connectivity index is 2.74. The molecule has 0 aliphatic carbocycles. The quantitative estimate of drug-likeness (QED) is 0.648. The van der Waals surface area contributed by atoms with Gasteiger partial charge >= 0.3 is 0 Å². The second-order valence-electron chi connectivity index (χ2n) is 3.98. The molecule has 1 aromatic rings. The smallest absolute Gasteiger partial charge is 0.193 e. The van der Waals surface area contributed by atoms with Crippen LogP contribution in [0.5, 0.6) is 11.5 Å². The van der Waals surface area contributed by atoms with Crippen molar-refractivity contribution in [3.05, 3.63) is 23.8 Å². The summed E-state index contributed by atoms with van der Waals surface area (Å²) in [7, 11) is 8.92. The van der Waals surface area contributed by atoms with E-state index in [2.05, 4.69) is 10.3 Å². The number of nitrogens with one attached hydrogen (secondary N) is 1. The first-order valence-corrected chi connectivity index (χ1v) is 5.71. The van der Waals surface area contributed by atoms with Crippen molar-refractivity contribution in [2.75, 3.05) is 35.4 Å². The van der Waals surface area contributed by atoms with Gasteiger partial charge in [-0.3, -0.25) is 4.99 Å². The predicted octanol–water partition coefficient (Wildman–Crippen LogP) is 1.34. The van der Waals surface area contributed by atoms with Gasteiger partial charge in [0, 0.05) is 27.7 Å². The Morgan fingerprint density at radius 1 is 1.22 bits per heavy atom. The number of guanidine groups is 1. The van der Waals surface area contributed by atoms with Crippen LogP contribution in [0.25, 0.3) is 0 Å². The minimum absolute atomic E-state index is 0.686. The van der Waals surface area contributed by atoms with Gasteiger partial charge in [0.05, 0.1) is 14.2 Å². The van der Waals surface area contributed by atoms with Crippen LogP contribution in [0.1, 0.15) is 5.56 Å². The van der Waals surface area contributed by atoms with Crippen molar-refractivity contribution in [1.29, 1.82) is 0 Å². The van der Waals surface area contributed by atoms with Gasteiger partial charge in [-0.1, -0.05) is 6.07 Å². The summed E-state index contributed by atoms with van der Waals surface area (Å²) in [6.45, 7) is 0.686. The lowest BCUT2D eigenvalue weighted by Crippen LogP contribution is -2.35. The third-order valence-electron chi connectivity index (χ3n) is 2.53. The highest BCUT2D eigenvalue weighted by molar-refractivity contribution is 5.79. The van der Waals surface area contributed by atoms with Crippen LogP contribution < -0.4 is 14.8 Å². The lowest BCUT2D eigenvalue weighted by molar-refractivity contribution is 0.354. The van der Waals surface area contributed by atoms with Gasteiger partial charge in [0.1, 0.15) is 0 Å². The Morgan fingerprint density at radius 3 is 2.39 bits per heavy atom. The number of ether oxygens (including phenoxy) is 2. The van der Waals surface area contributed by atoms with Crippen molar-refractivity contribution in [1.82, 2.24) is 10.2 Å². The van der Waals surface area contributed by atoms with Crippen molar-refractivity contribution in [2.24, 2.45) is 4.99 Å². The molecule has 0 atom stereocenters. The Labute approximate surface area is 108 Å². The van der Waals surface area contributed by atoms with E-state index in [9.17, 15) is 0 Å². The van der Waals surface area contributed by atoms with Gasteiger partial charge in [-0.05, 0) is 17.7 Å². The molecule has 0 heterocycles. The summed E-state index contributed by atoms with van der Waals surface area (Å²) in [5.41, 5.74) is 1.11. The average Bonchev–Trinajstić information content (AvgIpc) is 2.38. The van der Waals surface area contributed by atoms with Gasteiger partial charge < -0.3 is 19.7 Å². The SMILES string of the molecule is CN=C(NCc1ccc(OC)c(OC)c1)N(C)C. The number of hydrogen-bond acceptors (Lipinski definition) is 3. The van der Waals surface area contributed by atoms with E-state index < -0.39 is 0 Å². The molecule has 1 aromatic carbocycles. The van der Waals surface area contributed by atoms with Gasteiger partial charge in [-0.2, -0.15) is 0 Å². The molecule has 0 unspecified atom stereocenters. The molecule has 0 aromatic heterocycles. The van der Waals surface area contributed by atoms with E-state index in [1.807, 2.05) is 37.2 Å². The molecule has 0 radical (unpaired) electrons. The van der Waals surface area contributed by atoms with E-state index in [4.69, 9.17) is 9.47 Å². The molecule has 0 spiro atoms. The third-order valence-corrected chi connectivity index (χ3v) is 2.53. The highest BCUT2D eigenvalue weighted by atomic mass is 16.5. The maximum absolute atomic E-state index is 5.26. The van der Waals surface area contributed by atoms with Gasteiger partial charge in [0.25, 0.3) is 0 Å². The molecule has 0 saturated carbocycles. The number of nitrogens with zero attached hydrogens (tertiary/aromatic N) is 2. The molecule has 0 bridgehead atoms. The van der Waals surface area contributed by atoms with Gasteiger partial charge in [0.2, 0.25) is 0 Å². The Hall–Kier alpha value is -1.91. The van der Waals surface area contributed by atoms with Crippen molar-refractivity contribution in [3.63, 3.8) is 0 Å². The summed E-state index contributed by atoms with van der Waals surface area (Å²) in [5, 5.41) is 3.25. The van der Waals surface area contributed by atoms with Crippen LogP contribution in [0.3, 0.4) is 0 Å². The fourth-order valence-corrected chi connectivity index (χ4v) is 1.61. The summed E-state index contributed by atoms with van der Waals surface area (Å²) < 4.78 is 10.5. The Morgan fingerprint density at radius 2 is 1.89 bits per heavy atom. The predicted molar refractivity (Wildman–Crippen MR) is 73.4 cm³/mol. The van der Waals surface area contributed by atoms with Crippen LogP contribution in [-0.4, -0.2) is 46.2 Å². The number of rotatable bonds is 4. The molecule has 5 nitrogen and oxygen atoms in total. The topological polar surface area (TPSA) is 46.1 Å². The molecule has 1 N–H and O–H groups in total. The molecule has 100 valence electrons. The van der Waals surface area contributed by atoms with Crippen LogP contribution in [0, 0.1) is 0 Å². The average molecular weight is 251 g/mol. The zero-order valence-corrected chi connectivity index (χ0v) is 11.7. The van der Waals surface area contributed by atoms with Gasteiger partial charge in [0.15, 0.2) is 17.5 Å². The fourth-order valence-electron chi connectivity index (χ4n) is 1.61. The molecule has 18 heavy (non-hydrogen) atoms.